The molecule has 1 fully saturated rings. The van der Waals surface area contributed by atoms with Gasteiger partial charge < -0.3 is 10.1 Å². The predicted octanol–water partition coefficient (Wildman–Crippen LogP) is 4.33. The first-order valence-corrected chi connectivity index (χ1v) is 13.0. The van der Waals surface area contributed by atoms with E-state index in [1.54, 1.807) is 0 Å². The quantitative estimate of drug-likeness (QED) is 0.526. The molecule has 7 nitrogen and oxygen atoms in total. The van der Waals surface area contributed by atoms with E-state index in [1.807, 2.05) is 37.3 Å². The van der Waals surface area contributed by atoms with Crippen LogP contribution in [0.4, 0.5) is 0 Å². The number of sulfonamides is 1. The minimum Gasteiger partial charge on any atom is -0.452 e. The first-order valence-electron chi connectivity index (χ1n) is 11.1. The van der Waals surface area contributed by atoms with Gasteiger partial charge >= 0.3 is 5.97 Å². The van der Waals surface area contributed by atoms with Gasteiger partial charge in [-0.3, -0.25) is 4.79 Å². The van der Waals surface area contributed by atoms with Gasteiger partial charge in [0.2, 0.25) is 10.0 Å². The number of rotatable bonds is 9. The van der Waals surface area contributed by atoms with E-state index in [1.165, 1.54) is 22.5 Å². The van der Waals surface area contributed by atoms with Crippen molar-refractivity contribution in [2.45, 2.75) is 50.0 Å². The normalized spacial score (nSPS) is 15.6. The van der Waals surface area contributed by atoms with Crippen LogP contribution in [0.15, 0.2) is 53.4 Å². The van der Waals surface area contributed by atoms with Crippen LogP contribution in [0.1, 0.15) is 61.0 Å². The minimum atomic E-state index is -3.82. The fraction of sp³-hybridized carbons (Fsp3) is 0.417. The molecule has 2 aromatic carbocycles. The zero-order valence-electron chi connectivity index (χ0n) is 18.6. The molecular weight excluding hydrogens is 464 g/mol. The SMILES string of the molecule is CCCC(NC(=O)COC(=O)c1ccc(Cl)c(S(=O)(=O)N2CCCCC2)c1)c1ccccc1. The molecule has 0 bridgehead atoms. The van der Waals surface area contributed by atoms with E-state index in [9.17, 15) is 18.0 Å². The van der Waals surface area contributed by atoms with Gasteiger partial charge in [0.25, 0.3) is 5.91 Å². The number of piperidine rings is 1. The second-order valence-corrected chi connectivity index (χ2v) is 10.3. The Hall–Kier alpha value is -2.42. The summed E-state index contributed by atoms with van der Waals surface area (Å²) >= 11 is 6.16. The Balaban J connectivity index is 1.65. The Morgan fingerprint density at radius 1 is 1.09 bits per heavy atom. The van der Waals surface area contributed by atoms with Gasteiger partial charge in [-0.25, -0.2) is 13.2 Å². The van der Waals surface area contributed by atoms with E-state index in [0.29, 0.717) is 13.1 Å². The van der Waals surface area contributed by atoms with Crippen LogP contribution in [0.3, 0.4) is 0 Å². The number of halogens is 1. The van der Waals surface area contributed by atoms with Crippen molar-refractivity contribution in [3.05, 3.63) is 64.7 Å². The third-order valence-corrected chi connectivity index (χ3v) is 7.93. The zero-order valence-corrected chi connectivity index (χ0v) is 20.2. The number of carbonyl (C=O) groups is 2. The highest BCUT2D eigenvalue weighted by Gasteiger charge is 2.29. The number of hydrogen-bond donors (Lipinski definition) is 1. The maximum atomic E-state index is 13.0. The molecule has 1 aliphatic rings. The van der Waals surface area contributed by atoms with E-state index in [0.717, 1.165) is 37.7 Å². The summed E-state index contributed by atoms with van der Waals surface area (Å²) in [7, 11) is -3.82. The number of ether oxygens (including phenoxy) is 1. The molecule has 0 saturated carbocycles. The first kappa shape index (κ1) is 25.2. The summed E-state index contributed by atoms with van der Waals surface area (Å²) in [6.07, 6.45) is 4.18. The van der Waals surface area contributed by atoms with Crippen molar-refractivity contribution in [2.24, 2.45) is 0 Å². The van der Waals surface area contributed by atoms with Crippen molar-refractivity contribution in [3.63, 3.8) is 0 Å². The summed E-state index contributed by atoms with van der Waals surface area (Å²) in [5.74, 6) is -1.22. The molecule has 1 aliphatic heterocycles. The topological polar surface area (TPSA) is 92.8 Å². The Morgan fingerprint density at radius 2 is 1.79 bits per heavy atom. The Kier molecular flexibility index (Phi) is 8.88. The fourth-order valence-corrected chi connectivity index (χ4v) is 5.84. The van der Waals surface area contributed by atoms with Gasteiger partial charge in [-0.1, -0.05) is 61.7 Å². The van der Waals surface area contributed by atoms with Crippen molar-refractivity contribution in [1.29, 1.82) is 0 Å². The average molecular weight is 493 g/mol. The highest BCUT2D eigenvalue weighted by Crippen LogP contribution is 2.28. The molecule has 178 valence electrons. The van der Waals surface area contributed by atoms with Crippen molar-refractivity contribution in [3.8, 4) is 0 Å². The lowest BCUT2D eigenvalue weighted by atomic mass is 10.0. The second-order valence-electron chi connectivity index (χ2n) is 8.01. The summed E-state index contributed by atoms with van der Waals surface area (Å²) in [5, 5.41) is 2.93. The van der Waals surface area contributed by atoms with Crippen LogP contribution in [-0.4, -0.2) is 44.3 Å². The summed E-state index contributed by atoms with van der Waals surface area (Å²) in [4.78, 5) is 24.8. The number of nitrogens with zero attached hydrogens (tertiary/aromatic N) is 1. The van der Waals surface area contributed by atoms with Crippen LogP contribution in [0.2, 0.25) is 5.02 Å². The van der Waals surface area contributed by atoms with Crippen molar-refractivity contribution in [2.75, 3.05) is 19.7 Å². The highest BCUT2D eigenvalue weighted by atomic mass is 35.5. The van der Waals surface area contributed by atoms with Gasteiger partial charge in [0.1, 0.15) is 4.90 Å². The van der Waals surface area contributed by atoms with Crippen molar-refractivity contribution in [1.82, 2.24) is 9.62 Å². The number of carbonyl (C=O) groups excluding carboxylic acids is 2. The molecule has 1 heterocycles. The number of hydrogen-bond acceptors (Lipinski definition) is 5. The lowest BCUT2D eigenvalue weighted by molar-refractivity contribution is -0.125. The number of esters is 1. The molecule has 0 spiro atoms. The molecule has 1 unspecified atom stereocenters. The van der Waals surface area contributed by atoms with E-state index in [2.05, 4.69) is 5.32 Å². The Labute approximate surface area is 200 Å². The predicted molar refractivity (Wildman–Crippen MR) is 127 cm³/mol. The molecule has 1 atom stereocenters. The van der Waals surface area contributed by atoms with E-state index < -0.39 is 28.5 Å². The van der Waals surface area contributed by atoms with Gasteiger partial charge in [0.05, 0.1) is 16.6 Å². The van der Waals surface area contributed by atoms with Crippen molar-refractivity contribution < 1.29 is 22.7 Å². The molecule has 0 radical (unpaired) electrons. The van der Waals surface area contributed by atoms with Gasteiger partial charge in [-0.15, -0.1) is 0 Å². The van der Waals surface area contributed by atoms with Crippen LogP contribution < -0.4 is 5.32 Å². The summed E-state index contributed by atoms with van der Waals surface area (Å²) in [6, 6.07) is 13.4. The smallest absolute Gasteiger partial charge is 0.338 e. The van der Waals surface area contributed by atoms with Crippen LogP contribution in [-0.2, 0) is 19.6 Å². The van der Waals surface area contributed by atoms with Crippen LogP contribution in [0.5, 0.6) is 0 Å². The largest absolute Gasteiger partial charge is 0.452 e. The van der Waals surface area contributed by atoms with Gasteiger partial charge in [-0.05, 0) is 43.0 Å². The summed E-state index contributed by atoms with van der Waals surface area (Å²) in [6.45, 7) is 2.41. The lowest BCUT2D eigenvalue weighted by Crippen LogP contribution is -2.35. The summed E-state index contributed by atoms with van der Waals surface area (Å²) in [5.41, 5.74) is 1.00. The van der Waals surface area contributed by atoms with E-state index in [-0.39, 0.29) is 21.5 Å². The number of nitrogens with one attached hydrogen (secondary N) is 1. The average Bonchev–Trinajstić information content (AvgIpc) is 2.83. The number of benzene rings is 2. The van der Waals surface area contributed by atoms with Gasteiger partial charge in [-0.2, -0.15) is 4.31 Å². The molecule has 3 rings (SSSR count). The third-order valence-electron chi connectivity index (χ3n) is 5.55. The lowest BCUT2D eigenvalue weighted by Gasteiger charge is -2.26. The first-order chi connectivity index (χ1) is 15.8. The molecular formula is C24H29ClN2O5S. The number of amides is 1. The van der Waals surface area contributed by atoms with E-state index >= 15 is 0 Å². The third kappa shape index (κ3) is 6.56. The fourth-order valence-electron chi connectivity index (χ4n) is 3.82. The standard InChI is InChI=1S/C24H29ClN2O5S/c1-2-9-21(18-10-5-3-6-11-18)26-23(28)17-32-24(29)19-12-13-20(25)22(16-19)33(30,31)27-14-7-4-8-15-27/h3,5-6,10-13,16,21H,2,4,7-9,14-15,17H2,1H3,(H,26,28). The maximum Gasteiger partial charge on any atom is 0.338 e. The zero-order chi connectivity index (χ0) is 23.8. The summed E-state index contributed by atoms with van der Waals surface area (Å²) < 4.78 is 32.5. The molecule has 1 N–H and O–H groups in total. The molecule has 2 aromatic rings. The molecule has 1 saturated heterocycles. The van der Waals surface area contributed by atoms with Crippen LogP contribution in [0, 0.1) is 0 Å². The maximum absolute atomic E-state index is 13.0. The molecule has 33 heavy (non-hydrogen) atoms. The monoisotopic (exact) mass is 492 g/mol. The van der Waals surface area contributed by atoms with E-state index in [4.69, 9.17) is 16.3 Å². The van der Waals surface area contributed by atoms with Gasteiger partial charge in [0, 0.05) is 13.1 Å². The van der Waals surface area contributed by atoms with Crippen LogP contribution >= 0.6 is 11.6 Å². The Morgan fingerprint density at radius 3 is 2.45 bits per heavy atom. The van der Waals surface area contributed by atoms with Gasteiger partial charge in [0.15, 0.2) is 6.61 Å². The van der Waals surface area contributed by atoms with Crippen LogP contribution in [0.25, 0.3) is 0 Å². The molecule has 0 aromatic heterocycles. The molecule has 9 heteroatoms. The Bertz CT molecular complexity index is 1070. The minimum absolute atomic E-state index is 0.0240. The molecule has 0 aliphatic carbocycles. The highest BCUT2D eigenvalue weighted by molar-refractivity contribution is 7.89. The molecule has 1 amide bonds. The second kappa shape index (κ2) is 11.6. The van der Waals surface area contributed by atoms with Crippen molar-refractivity contribution >= 4 is 33.5 Å².